The summed E-state index contributed by atoms with van der Waals surface area (Å²) < 4.78 is 4.44. The topological polar surface area (TPSA) is 58.6 Å². The van der Waals surface area contributed by atoms with Crippen LogP contribution in [0.1, 0.15) is 0 Å². The minimum Gasteiger partial charge on any atom is -0.388 e. The normalized spacial score (nSPS) is 12.8. The van der Waals surface area contributed by atoms with E-state index < -0.39 is 11.8 Å². The molecule has 0 aliphatic heterocycles. The Hall–Kier alpha value is -0.260. The van der Waals surface area contributed by atoms with Gasteiger partial charge in [0.15, 0.2) is 0 Å². The van der Waals surface area contributed by atoms with Gasteiger partial charge in [-0.25, -0.2) is 4.79 Å². The van der Waals surface area contributed by atoms with Crippen LogP contribution in [0.2, 0.25) is 0 Å². The van der Waals surface area contributed by atoms with Crippen LogP contribution in [-0.2, 0) is 16.3 Å². The molecule has 1 aromatic carbocycles. The number of amides is 1. The number of alkyl halides is 1. The van der Waals surface area contributed by atoms with Crippen LogP contribution in [0.15, 0.2) is 30.3 Å². The summed E-state index contributed by atoms with van der Waals surface area (Å²) in [6.07, 6.45) is 0.664. The van der Waals surface area contributed by atoms with E-state index >= 15 is 0 Å². The molecule has 1 aromatic rings. The number of para-hydroxylation sites is 1. The summed E-state index contributed by atoms with van der Waals surface area (Å²) in [4.78, 5) is 20.0. The molecule has 0 radical (unpaired) electrons. The molecule has 8 heteroatoms. The average molecular weight is 300 g/mol. The van der Waals surface area contributed by atoms with Gasteiger partial charge in [0.25, 0.3) is 5.69 Å². The fourth-order valence-corrected chi connectivity index (χ4v) is 1.46. The SMILES string of the molecule is CCl.O=C(Nc1ccccc1)OP(O)(=S)S. The number of nitrogens with one attached hydrogen (secondary N) is 1. The van der Waals surface area contributed by atoms with E-state index in [-0.39, 0.29) is 0 Å². The first kappa shape index (κ1) is 15.7. The Bertz CT molecular complexity index is 371. The van der Waals surface area contributed by atoms with Crippen molar-refractivity contribution < 1.29 is 14.2 Å². The number of benzene rings is 1. The second-order valence-electron chi connectivity index (χ2n) is 2.36. The van der Waals surface area contributed by atoms with Crippen LogP contribution in [0.25, 0.3) is 0 Å². The highest BCUT2D eigenvalue weighted by Crippen LogP contribution is 2.47. The van der Waals surface area contributed by atoms with Crippen LogP contribution < -0.4 is 5.32 Å². The third-order valence-corrected chi connectivity index (χ3v) is 2.09. The van der Waals surface area contributed by atoms with Crippen LogP contribution >= 0.6 is 29.5 Å². The summed E-state index contributed by atoms with van der Waals surface area (Å²) in [5.74, 6) is 0. The number of thiol groups is 1. The Balaban J connectivity index is 0.00000106. The molecule has 0 fully saturated rings. The van der Waals surface area contributed by atoms with E-state index in [1.165, 1.54) is 6.38 Å². The molecule has 1 unspecified atom stereocenters. The maximum absolute atomic E-state index is 11.0. The van der Waals surface area contributed by atoms with Crippen molar-refractivity contribution in [3.63, 3.8) is 0 Å². The van der Waals surface area contributed by atoms with Gasteiger partial charge in [-0.2, -0.15) is 0 Å². The predicted octanol–water partition coefficient (Wildman–Crippen LogP) is 3.24. The molecule has 2 N–H and O–H groups in total. The molecule has 1 rings (SSSR count). The molecule has 0 bridgehead atoms. The standard InChI is InChI=1S/C7H8NO3PS2.CH3Cl/c9-7(11-12(10,13)14)8-6-4-2-1-3-5-6;1-2/h1-5H,(H,8,9)(H2,10,13,14);1H3. The lowest BCUT2D eigenvalue weighted by atomic mass is 10.3. The number of rotatable bonds is 2. The first-order chi connectivity index (χ1) is 7.47. The molecule has 90 valence electrons. The first-order valence-electron chi connectivity index (χ1n) is 3.96. The number of hydrogen-bond acceptors (Lipinski definition) is 3. The van der Waals surface area contributed by atoms with Crippen molar-refractivity contribution in [1.29, 1.82) is 0 Å². The highest BCUT2D eigenvalue weighted by molar-refractivity contribution is 8.59. The van der Waals surface area contributed by atoms with Gasteiger partial charge >= 0.3 is 6.09 Å². The Kier molecular flexibility index (Phi) is 7.80. The third kappa shape index (κ3) is 7.96. The minimum atomic E-state index is -3.24. The third-order valence-electron chi connectivity index (χ3n) is 1.22. The quantitative estimate of drug-likeness (QED) is 0.446. The maximum atomic E-state index is 11.0. The van der Waals surface area contributed by atoms with E-state index in [1.54, 1.807) is 24.3 Å². The van der Waals surface area contributed by atoms with Crippen LogP contribution in [0.4, 0.5) is 10.5 Å². The van der Waals surface area contributed by atoms with Gasteiger partial charge in [0.1, 0.15) is 0 Å². The monoisotopic (exact) mass is 299 g/mol. The molecule has 0 saturated carbocycles. The van der Waals surface area contributed by atoms with Gasteiger partial charge < -0.3 is 9.42 Å². The molecule has 0 aromatic heterocycles. The van der Waals surface area contributed by atoms with Crippen LogP contribution in [0, 0.1) is 0 Å². The first-order valence-corrected chi connectivity index (χ1v) is 8.54. The fourth-order valence-electron chi connectivity index (χ4n) is 0.770. The van der Waals surface area contributed by atoms with E-state index in [2.05, 4.69) is 45.5 Å². The molecule has 0 saturated heterocycles. The highest BCUT2D eigenvalue weighted by atomic mass is 35.5. The molecule has 16 heavy (non-hydrogen) atoms. The lowest BCUT2D eigenvalue weighted by Gasteiger charge is -2.09. The Morgan fingerprint density at radius 1 is 1.50 bits per heavy atom. The molecule has 1 amide bonds. The molecule has 0 spiro atoms. The van der Waals surface area contributed by atoms with Crippen LogP contribution in [-0.4, -0.2) is 17.4 Å². The summed E-state index contributed by atoms with van der Waals surface area (Å²) in [5, 5.41) is 2.39. The fraction of sp³-hybridized carbons (Fsp3) is 0.125. The molecule has 0 heterocycles. The van der Waals surface area contributed by atoms with Crippen LogP contribution in [0.3, 0.4) is 0 Å². The zero-order valence-electron chi connectivity index (χ0n) is 8.33. The van der Waals surface area contributed by atoms with Gasteiger partial charge in [-0.3, -0.25) is 5.32 Å². The number of hydrogen-bond donors (Lipinski definition) is 3. The summed E-state index contributed by atoms with van der Waals surface area (Å²) in [5.41, 5.74) is -2.68. The number of halogens is 1. The second kappa shape index (κ2) is 7.92. The average Bonchev–Trinajstić information content (AvgIpc) is 2.19. The van der Waals surface area contributed by atoms with E-state index in [4.69, 9.17) is 4.89 Å². The van der Waals surface area contributed by atoms with Crippen molar-refractivity contribution in [3.8, 4) is 0 Å². The van der Waals surface area contributed by atoms with Crippen molar-refractivity contribution in [3.05, 3.63) is 30.3 Å². The molecule has 4 nitrogen and oxygen atoms in total. The Morgan fingerprint density at radius 3 is 2.44 bits per heavy atom. The van der Waals surface area contributed by atoms with Gasteiger partial charge in [-0.15, -0.1) is 11.6 Å². The summed E-state index contributed by atoms with van der Waals surface area (Å²) in [6.45, 7) is 0. The zero-order chi connectivity index (χ0) is 12.6. The largest absolute Gasteiger partial charge is 0.417 e. The van der Waals surface area contributed by atoms with Crippen molar-refractivity contribution in [2.75, 3.05) is 11.7 Å². The lowest BCUT2D eigenvalue weighted by molar-refractivity contribution is 0.217. The number of anilines is 1. The van der Waals surface area contributed by atoms with Gasteiger partial charge in [0, 0.05) is 12.1 Å². The zero-order valence-corrected chi connectivity index (χ0v) is 11.7. The van der Waals surface area contributed by atoms with Crippen molar-refractivity contribution >= 4 is 53.1 Å². The predicted molar refractivity (Wildman–Crippen MR) is 73.8 cm³/mol. The summed E-state index contributed by atoms with van der Waals surface area (Å²) in [7, 11) is 0. The number of carbonyl (C=O) groups is 1. The summed E-state index contributed by atoms with van der Waals surface area (Å²) >= 11 is 12.6. The summed E-state index contributed by atoms with van der Waals surface area (Å²) in [6, 6.07) is 8.68. The molecule has 1 atom stereocenters. The molecular weight excluding hydrogens is 289 g/mol. The second-order valence-corrected chi connectivity index (χ2v) is 7.45. The lowest BCUT2D eigenvalue weighted by Crippen LogP contribution is -2.10. The van der Waals surface area contributed by atoms with Crippen LogP contribution in [0.5, 0.6) is 0 Å². The van der Waals surface area contributed by atoms with Gasteiger partial charge in [0.05, 0.1) is 0 Å². The van der Waals surface area contributed by atoms with Crippen molar-refractivity contribution in [2.45, 2.75) is 0 Å². The van der Waals surface area contributed by atoms with Crippen molar-refractivity contribution in [2.24, 2.45) is 0 Å². The van der Waals surface area contributed by atoms with Gasteiger partial charge in [-0.05, 0) is 23.9 Å². The highest BCUT2D eigenvalue weighted by Gasteiger charge is 2.13. The maximum Gasteiger partial charge on any atom is 0.417 e. The van der Waals surface area contributed by atoms with E-state index in [0.29, 0.717) is 5.69 Å². The Labute approximate surface area is 109 Å². The minimum absolute atomic E-state index is 0.564. The van der Waals surface area contributed by atoms with E-state index in [1.807, 2.05) is 6.07 Å². The van der Waals surface area contributed by atoms with E-state index in [0.717, 1.165) is 0 Å². The van der Waals surface area contributed by atoms with E-state index in [9.17, 15) is 4.79 Å². The number of carbonyl (C=O) groups excluding carboxylic acids is 1. The molecule has 0 aliphatic carbocycles. The van der Waals surface area contributed by atoms with Gasteiger partial charge in [0.2, 0.25) is 0 Å². The molecular formula is C8H11ClNO3PS2. The van der Waals surface area contributed by atoms with Gasteiger partial charge in [-0.1, -0.05) is 30.4 Å². The molecule has 0 aliphatic rings. The van der Waals surface area contributed by atoms with Crippen molar-refractivity contribution in [1.82, 2.24) is 0 Å². The Morgan fingerprint density at radius 2 is 2.00 bits per heavy atom. The smallest absolute Gasteiger partial charge is 0.388 e.